The van der Waals surface area contributed by atoms with Crippen molar-refractivity contribution in [1.29, 1.82) is 0 Å². The first-order valence-electron chi connectivity index (χ1n) is 13.6. The van der Waals surface area contributed by atoms with Gasteiger partial charge in [-0.15, -0.1) is 0 Å². The zero-order valence-corrected chi connectivity index (χ0v) is 23.2. The standard InChI is InChI=1S/C31H32F3N3O6/c1-18-22(11-7-13-26(18)39)28(41)36-24(14-19-8-3-2-4-9-19)27(40)30(43)37-17-21(38)15-25(37)29(42)35-16-20-10-5-6-12-23(20)31(32,33)34/h2-13,21,24-25,27,38-40H,14-17H2,1H3,(H,35,42)(H,36,41). The third-order valence-corrected chi connectivity index (χ3v) is 7.44. The maximum Gasteiger partial charge on any atom is 0.416 e. The number of aromatic hydroxyl groups is 1. The lowest BCUT2D eigenvalue weighted by Gasteiger charge is -2.30. The average molecular weight is 600 g/mol. The minimum Gasteiger partial charge on any atom is -0.508 e. The Morgan fingerprint density at radius 1 is 1.00 bits per heavy atom. The van der Waals surface area contributed by atoms with E-state index in [0.29, 0.717) is 11.1 Å². The second-order valence-corrected chi connectivity index (χ2v) is 10.4. The molecule has 4 unspecified atom stereocenters. The summed E-state index contributed by atoms with van der Waals surface area (Å²) in [6.07, 6.45) is -7.77. The van der Waals surface area contributed by atoms with Crippen molar-refractivity contribution in [3.05, 3.63) is 101 Å². The summed E-state index contributed by atoms with van der Waals surface area (Å²) in [7, 11) is 0. The normalized spacial score (nSPS) is 18.1. The third kappa shape index (κ3) is 7.51. The van der Waals surface area contributed by atoms with Crippen LogP contribution in [0.15, 0.2) is 72.8 Å². The number of phenolic OH excluding ortho intramolecular Hbond substituents is 1. The van der Waals surface area contributed by atoms with E-state index in [1.807, 2.05) is 0 Å². The number of aliphatic hydroxyl groups excluding tert-OH is 2. The van der Waals surface area contributed by atoms with Gasteiger partial charge in [0.1, 0.15) is 11.8 Å². The quantitative estimate of drug-likeness (QED) is 0.256. The number of likely N-dealkylation sites (tertiary alicyclic amines) is 1. The number of carbonyl (C=O) groups excluding carboxylic acids is 3. The zero-order valence-electron chi connectivity index (χ0n) is 23.2. The molecule has 228 valence electrons. The fourth-order valence-corrected chi connectivity index (χ4v) is 5.12. The summed E-state index contributed by atoms with van der Waals surface area (Å²) in [5.41, 5.74) is 0.0297. The summed E-state index contributed by atoms with van der Waals surface area (Å²) in [4.78, 5) is 40.8. The van der Waals surface area contributed by atoms with E-state index in [2.05, 4.69) is 10.6 Å². The molecule has 0 aliphatic carbocycles. The van der Waals surface area contributed by atoms with Gasteiger partial charge in [-0.05, 0) is 42.7 Å². The van der Waals surface area contributed by atoms with Gasteiger partial charge < -0.3 is 30.9 Å². The van der Waals surface area contributed by atoms with Crippen molar-refractivity contribution in [2.24, 2.45) is 0 Å². The SMILES string of the molecule is Cc1c(O)cccc1C(=O)NC(Cc1ccccc1)C(O)C(=O)N1CC(O)CC1C(=O)NCc1ccccc1C(F)(F)F. The van der Waals surface area contributed by atoms with Crippen LogP contribution in [-0.2, 0) is 28.7 Å². The van der Waals surface area contributed by atoms with Crippen molar-refractivity contribution in [1.82, 2.24) is 15.5 Å². The molecule has 0 spiro atoms. The highest BCUT2D eigenvalue weighted by molar-refractivity contribution is 5.97. The van der Waals surface area contributed by atoms with Gasteiger partial charge in [-0.25, -0.2) is 0 Å². The molecule has 1 saturated heterocycles. The van der Waals surface area contributed by atoms with Crippen LogP contribution < -0.4 is 10.6 Å². The maximum absolute atomic E-state index is 13.6. The molecular weight excluding hydrogens is 567 g/mol. The number of alkyl halides is 3. The Hall–Kier alpha value is -4.42. The predicted octanol–water partition coefficient (Wildman–Crippen LogP) is 2.70. The Kier molecular flexibility index (Phi) is 9.72. The second kappa shape index (κ2) is 13.3. The summed E-state index contributed by atoms with van der Waals surface area (Å²) in [6.45, 7) is 0.770. The van der Waals surface area contributed by atoms with Crippen LogP contribution in [0, 0.1) is 6.92 Å². The first-order chi connectivity index (χ1) is 20.4. The third-order valence-electron chi connectivity index (χ3n) is 7.44. The molecule has 43 heavy (non-hydrogen) atoms. The number of carbonyl (C=O) groups is 3. The summed E-state index contributed by atoms with van der Waals surface area (Å²) in [5.74, 6) is -2.50. The molecule has 1 aliphatic heterocycles. The maximum atomic E-state index is 13.6. The molecule has 0 saturated carbocycles. The lowest BCUT2D eigenvalue weighted by Crippen LogP contribution is -2.55. The zero-order chi connectivity index (χ0) is 31.3. The van der Waals surface area contributed by atoms with Crippen molar-refractivity contribution in [2.75, 3.05) is 6.54 Å². The number of nitrogens with zero attached hydrogens (tertiary/aromatic N) is 1. The van der Waals surface area contributed by atoms with Gasteiger partial charge in [0.2, 0.25) is 5.91 Å². The molecule has 4 atom stereocenters. The van der Waals surface area contributed by atoms with Gasteiger partial charge in [-0.2, -0.15) is 13.2 Å². The molecule has 9 nitrogen and oxygen atoms in total. The number of nitrogens with one attached hydrogen (secondary N) is 2. The number of phenols is 1. The van der Waals surface area contributed by atoms with Crippen LogP contribution in [0.1, 0.15) is 39.0 Å². The molecule has 3 amide bonds. The van der Waals surface area contributed by atoms with Gasteiger partial charge in [-0.3, -0.25) is 14.4 Å². The number of benzene rings is 3. The van der Waals surface area contributed by atoms with E-state index in [1.165, 1.54) is 36.4 Å². The second-order valence-electron chi connectivity index (χ2n) is 10.4. The average Bonchev–Trinajstić information content (AvgIpc) is 3.38. The van der Waals surface area contributed by atoms with Crippen LogP contribution in [0.5, 0.6) is 5.75 Å². The Balaban J connectivity index is 1.53. The topological polar surface area (TPSA) is 139 Å². The van der Waals surface area contributed by atoms with Crippen LogP contribution >= 0.6 is 0 Å². The minimum absolute atomic E-state index is 0.0266. The summed E-state index contributed by atoms with van der Waals surface area (Å²) in [6, 6.07) is 15.4. The lowest BCUT2D eigenvalue weighted by molar-refractivity contribution is -0.146. The van der Waals surface area contributed by atoms with Gasteiger partial charge in [0, 0.05) is 30.6 Å². The first kappa shape index (κ1) is 31.5. The van der Waals surface area contributed by atoms with Gasteiger partial charge in [0.15, 0.2) is 6.10 Å². The Bertz CT molecular complexity index is 1470. The number of halogens is 3. The smallest absolute Gasteiger partial charge is 0.416 e. The van der Waals surface area contributed by atoms with Crippen LogP contribution in [0.3, 0.4) is 0 Å². The molecule has 0 aromatic heterocycles. The fourth-order valence-electron chi connectivity index (χ4n) is 5.12. The highest BCUT2D eigenvalue weighted by Gasteiger charge is 2.43. The van der Waals surface area contributed by atoms with Crippen LogP contribution in [-0.4, -0.2) is 68.8 Å². The van der Waals surface area contributed by atoms with Gasteiger partial charge in [0.05, 0.1) is 17.7 Å². The van der Waals surface area contributed by atoms with Gasteiger partial charge in [-0.1, -0.05) is 54.6 Å². The lowest BCUT2D eigenvalue weighted by atomic mass is 9.98. The van der Waals surface area contributed by atoms with Crippen molar-refractivity contribution in [2.45, 2.75) is 56.8 Å². The van der Waals surface area contributed by atoms with Gasteiger partial charge in [0.25, 0.3) is 11.8 Å². The Morgan fingerprint density at radius 3 is 2.37 bits per heavy atom. The predicted molar refractivity (Wildman–Crippen MR) is 150 cm³/mol. The Labute approximate surface area is 246 Å². The van der Waals surface area contributed by atoms with Crippen LogP contribution in [0.25, 0.3) is 0 Å². The molecule has 5 N–H and O–H groups in total. The molecule has 1 heterocycles. The fraction of sp³-hybridized carbons (Fsp3) is 0.323. The number of hydrogen-bond donors (Lipinski definition) is 5. The largest absolute Gasteiger partial charge is 0.508 e. The van der Waals surface area contributed by atoms with E-state index in [0.717, 1.165) is 11.0 Å². The first-order valence-corrected chi connectivity index (χ1v) is 13.6. The highest BCUT2D eigenvalue weighted by atomic mass is 19.4. The number of aliphatic hydroxyl groups is 2. The molecule has 3 aromatic rings. The minimum atomic E-state index is -4.63. The number of rotatable bonds is 9. The molecule has 1 aliphatic rings. The van der Waals surface area contributed by atoms with E-state index in [4.69, 9.17) is 0 Å². The highest BCUT2D eigenvalue weighted by Crippen LogP contribution is 2.32. The molecule has 0 bridgehead atoms. The van der Waals surface area contributed by atoms with E-state index >= 15 is 0 Å². The van der Waals surface area contributed by atoms with Crippen LogP contribution in [0.4, 0.5) is 13.2 Å². The van der Waals surface area contributed by atoms with Crippen molar-refractivity contribution < 1.29 is 42.9 Å². The molecule has 0 radical (unpaired) electrons. The van der Waals surface area contributed by atoms with E-state index in [1.54, 1.807) is 37.3 Å². The van der Waals surface area contributed by atoms with E-state index < -0.39 is 60.3 Å². The van der Waals surface area contributed by atoms with E-state index in [-0.39, 0.29) is 36.3 Å². The van der Waals surface area contributed by atoms with Crippen molar-refractivity contribution in [3.8, 4) is 5.75 Å². The summed E-state index contributed by atoms with van der Waals surface area (Å²) in [5, 5.41) is 36.7. The molecule has 4 rings (SSSR count). The summed E-state index contributed by atoms with van der Waals surface area (Å²) < 4.78 is 40.2. The molecule has 3 aromatic carbocycles. The van der Waals surface area contributed by atoms with Crippen molar-refractivity contribution in [3.63, 3.8) is 0 Å². The molecule has 1 fully saturated rings. The summed E-state index contributed by atoms with van der Waals surface area (Å²) >= 11 is 0. The number of hydrogen-bond acceptors (Lipinski definition) is 6. The van der Waals surface area contributed by atoms with E-state index in [9.17, 15) is 42.9 Å². The number of amides is 3. The molecule has 12 heteroatoms. The number of β-amino-alcohol motifs (C(OH)–C–C–N with tert-alkyl or cyclic N) is 1. The van der Waals surface area contributed by atoms with Crippen LogP contribution in [0.2, 0.25) is 0 Å². The Morgan fingerprint density at radius 2 is 1.67 bits per heavy atom. The van der Waals surface area contributed by atoms with Crippen molar-refractivity contribution >= 4 is 17.7 Å². The molecular formula is C31H32F3N3O6. The monoisotopic (exact) mass is 599 g/mol. The van der Waals surface area contributed by atoms with Gasteiger partial charge >= 0.3 is 6.18 Å².